The molecule has 2 aliphatic carbocycles. The number of carbonyl (C=O) groups is 1. The van der Waals surface area contributed by atoms with Crippen molar-refractivity contribution in [3.63, 3.8) is 0 Å². The third-order valence-corrected chi connectivity index (χ3v) is 5.58. The molecule has 22 heavy (non-hydrogen) atoms. The van der Waals surface area contributed by atoms with Gasteiger partial charge in [0.05, 0.1) is 16.8 Å². The molecule has 2 saturated carbocycles. The summed E-state index contributed by atoms with van der Waals surface area (Å²) in [6, 6.07) is -0.0573. The number of aliphatic hydroxyl groups excluding tert-OH is 1. The number of amides is 2. The summed E-state index contributed by atoms with van der Waals surface area (Å²) in [5.74, 6) is 0.930. The number of rotatable bonds is 6. The molecule has 2 atom stereocenters. The number of aliphatic hydroxyl groups is 1. The third kappa shape index (κ3) is 3.98. The minimum absolute atomic E-state index is 0.0573. The summed E-state index contributed by atoms with van der Waals surface area (Å²) >= 11 is 1.70. The first-order valence-corrected chi connectivity index (χ1v) is 9.13. The Morgan fingerprint density at radius 1 is 1.45 bits per heavy atom. The van der Waals surface area contributed by atoms with Crippen molar-refractivity contribution in [1.82, 2.24) is 15.2 Å². The lowest BCUT2D eigenvalue weighted by molar-refractivity contribution is 0.114. The van der Waals surface area contributed by atoms with Gasteiger partial charge in [-0.3, -0.25) is 0 Å². The smallest absolute Gasteiger partial charge is 0.317 e. The van der Waals surface area contributed by atoms with Gasteiger partial charge in [-0.25, -0.2) is 9.78 Å². The van der Waals surface area contributed by atoms with Crippen LogP contribution in [0.1, 0.15) is 48.7 Å². The third-order valence-electron chi connectivity index (χ3n) is 4.65. The molecule has 0 radical (unpaired) electrons. The second kappa shape index (κ2) is 6.96. The van der Waals surface area contributed by atoms with Crippen molar-refractivity contribution in [2.24, 2.45) is 5.92 Å². The summed E-state index contributed by atoms with van der Waals surface area (Å²) in [5.41, 5.74) is 1.23. The Morgan fingerprint density at radius 3 is 2.95 bits per heavy atom. The zero-order valence-corrected chi connectivity index (χ0v) is 13.9. The fourth-order valence-corrected chi connectivity index (χ4v) is 3.96. The fraction of sp³-hybridized carbons (Fsp3) is 0.750. The summed E-state index contributed by atoms with van der Waals surface area (Å²) < 4.78 is 0. The van der Waals surface area contributed by atoms with Crippen LogP contribution in [0.5, 0.6) is 0 Å². The number of carbonyl (C=O) groups excluding carboxylic acids is 1. The first-order valence-electron chi connectivity index (χ1n) is 8.25. The Bertz CT molecular complexity index is 515. The zero-order chi connectivity index (χ0) is 15.5. The molecule has 6 heteroatoms. The molecule has 1 aromatic rings. The van der Waals surface area contributed by atoms with E-state index in [0.29, 0.717) is 19.0 Å². The first kappa shape index (κ1) is 15.7. The van der Waals surface area contributed by atoms with E-state index in [-0.39, 0.29) is 18.1 Å². The van der Waals surface area contributed by atoms with Gasteiger partial charge in [-0.2, -0.15) is 0 Å². The highest BCUT2D eigenvalue weighted by Gasteiger charge is 2.27. The number of urea groups is 1. The molecule has 122 valence electrons. The van der Waals surface area contributed by atoms with Crippen molar-refractivity contribution in [3.05, 3.63) is 16.1 Å². The van der Waals surface area contributed by atoms with Crippen molar-refractivity contribution in [3.8, 4) is 0 Å². The summed E-state index contributed by atoms with van der Waals surface area (Å²) in [4.78, 5) is 18.4. The van der Waals surface area contributed by atoms with Crippen LogP contribution in [0.25, 0.3) is 0 Å². The van der Waals surface area contributed by atoms with Crippen LogP contribution < -0.4 is 5.32 Å². The highest BCUT2D eigenvalue weighted by molar-refractivity contribution is 7.09. The topological polar surface area (TPSA) is 65.5 Å². The van der Waals surface area contributed by atoms with Gasteiger partial charge in [-0.1, -0.05) is 6.42 Å². The van der Waals surface area contributed by atoms with E-state index in [1.807, 2.05) is 0 Å². The summed E-state index contributed by atoms with van der Waals surface area (Å²) in [5, 5.41) is 16.0. The molecule has 2 amide bonds. The molecular weight excluding hydrogens is 298 g/mol. The Labute approximate surface area is 135 Å². The second-order valence-electron chi connectivity index (χ2n) is 6.56. The maximum atomic E-state index is 12.1. The summed E-state index contributed by atoms with van der Waals surface area (Å²) in [6.45, 7) is 1.25. The molecule has 2 aliphatic rings. The quantitative estimate of drug-likeness (QED) is 0.844. The molecule has 0 aromatic carbocycles. The van der Waals surface area contributed by atoms with E-state index >= 15 is 0 Å². The lowest BCUT2D eigenvalue weighted by Gasteiger charge is -2.23. The molecule has 0 aliphatic heterocycles. The van der Waals surface area contributed by atoms with Crippen molar-refractivity contribution in [2.75, 3.05) is 20.1 Å². The molecule has 0 bridgehead atoms. The monoisotopic (exact) mass is 323 g/mol. The molecule has 0 spiro atoms. The average molecular weight is 323 g/mol. The normalized spacial score (nSPS) is 24.5. The fourth-order valence-electron chi connectivity index (χ4n) is 3.08. The predicted molar refractivity (Wildman–Crippen MR) is 87.2 cm³/mol. The minimum atomic E-state index is -0.244. The van der Waals surface area contributed by atoms with Crippen LogP contribution in [-0.4, -0.2) is 47.3 Å². The van der Waals surface area contributed by atoms with Crippen LogP contribution in [0.3, 0.4) is 0 Å². The van der Waals surface area contributed by atoms with Crippen LogP contribution in [-0.2, 0) is 6.42 Å². The summed E-state index contributed by atoms with van der Waals surface area (Å²) in [7, 11) is 1.80. The van der Waals surface area contributed by atoms with E-state index in [1.165, 1.54) is 18.5 Å². The van der Waals surface area contributed by atoms with Crippen LogP contribution in [0.15, 0.2) is 5.38 Å². The van der Waals surface area contributed by atoms with E-state index < -0.39 is 0 Å². The molecule has 2 N–H and O–H groups in total. The lowest BCUT2D eigenvalue weighted by atomic mass is 10.1. The number of thiazole rings is 1. The molecule has 3 rings (SSSR count). The highest BCUT2D eigenvalue weighted by Crippen LogP contribution is 2.40. The van der Waals surface area contributed by atoms with Gasteiger partial charge in [-0.05, 0) is 25.7 Å². The number of hydrogen-bond acceptors (Lipinski definition) is 4. The first-order chi connectivity index (χ1) is 10.6. The number of hydrogen-bond donors (Lipinski definition) is 2. The van der Waals surface area contributed by atoms with Gasteiger partial charge in [-0.15, -0.1) is 11.3 Å². The molecular formula is C16H25N3O2S. The van der Waals surface area contributed by atoms with Gasteiger partial charge in [0.1, 0.15) is 0 Å². The Morgan fingerprint density at radius 2 is 2.27 bits per heavy atom. The lowest BCUT2D eigenvalue weighted by Crippen LogP contribution is -2.41. The van der Waals surface area contributed by atoms with Gasteiger partial charge in [0.25, 0.3) is 0 Å². The average Bonchev–Trinajstić information content (AvgIpc) is 3.12. The predicted octanol–water partition coefficient (Wildman–Crippen LogP) is 2.37. The SMILES string of the molecule is CN(C[C@H]1CCC[C@@H]1O)C(=O)NCCc1nc(C2CC2)cs1. The summed E-state index contributed by atoms with van der Waals surface area (Å²) in [6.07, 6.45) is 6.05. The van der Waals surface area contributed by atoms with E-state index in [4.69, 9.17) is 0 Å². The van der Waals surface area contributed by atoms with Gasteiger partial charge in [0.15, 0.2) is 0 Å². The van der Waals surface area contributed by atoms with Crippen molar-refractivity contribution in [1.29, 1.82) is 0 Å². The second-order valence-corrected chi connectivity index (χ2v) is 7.50. The van der Waals surface area contributed by atoms with Gasteiger partial charge >= 0.3 is 6.03 Å². The van der Waals surface area contributed by atoms with Crippen LogP contribution >= 0.6 is 11.3 Å². The van der Waals surface area contributed by atoms with Crippen molar-refractivity contribution < 1.29 is 9.90 Å². The maximum absolute atomic E-state index is 12.1. The zero-order valence-electron chi connectivity index (χ0n) is 13.1. The van der Waals surface area contributed by atoms with Gasteiger partial charge < -0.3 is 15.3 Å². The Hall–Kier alpha value is -1.14. The Balaban J connectivity index is 1.37. The van der Waals surface area contributed by atoms with Crippen molar-refractivity contribution >= 4 is 17.4 Å². The van der Waals surface area contributed by atoms with E-state index in [1.54, 1.807) is 23.3 Å². The molecule has 2 fully saturated rings. The minimum Gasteiger partial charge on any atom is -0.393 e. The largest absolute Gasteiger partial charge is 0.393 e. The Kier molecular flexibility index (Phi) is 4.98. The molecule has 1 heterocycles. The van der Waals surface area contributed by atoms with Crippen LogP contribution in [0.4, 0.5) is 4.79 Å². The van der Waals surface area contributed by atoms with E-state index in [0.717, 1.165) is 30.7 Å². The van der Waals surface area contributed by atoms with Gasteiger partial charge in [0.2, 0.25) is 0 Å². The van der Waals surface area contributed by atoms with Crippen LogP contribution in [0.2, 0.25) is 0 Å². The van der Waals surface area contributed by atoms with E-state index in [9.17, 15) is 9.90 Å². The molecule has 0 saturated heterocycles. The molecule has 1 aromatic heterocycles. The maximum Gasteiger partial charge on any atom is 0.317 e. The standard InChI is InChI=1S/C16H25N3O2S/c1-19(9-12-3-2-4-14(12)20)16(21)17-8-7-15-18-13(10-22-15)11-5-6-11/h10-12,14,20H,2-9H2,1H3,(H,17,21)/t12-,14+/m1/s1. The number of aromatic nitrogens is 1. The van der Waals surface area contributed by atoms with Crippen LogP contribution in [0, 0.1) is 5.92 Å². The van der Waals surface area contributed by atoms with Crippen molar-refractivity contribution in [2.45, 2.75) is 50.5 Å². The number of nitrogens with one attached hydrogen (secondary N) is 1. The van der Waals surface area contributed by atoms with E-state index in [2.05, 4.69) is 15.7 Å². The molecule has 0 unspecified atom stereocenters. The van der Waals surface area contributed by atoms with Gasteiger partial charge in [0, 0.05) is 43.8 Å². The molecule has 5 nitrogen and oxygen atoms in total. The highest BCUT2D eigenvalue weighted by atomic mass is 32.1. The number of nitrogens with zero attached hydrogens (tertiary/aromatic N) is 2.